The van der Waals surface area contributed by atoms with Gasteiger partial charge in [-0.15, -0.1) is 0 Å². The smallest absolute Gasteiger partial charge is 0.317 e. The lowest BCUT2D eigenvalue weighted by molar-refractivity contribution is 0.182. The number of benzene rings is 1. The van der Waals surface area contributed by atoms with Gasteiger partial charge in [-0.05, 0) is 25.3 Å². The number of hydrogen-bond acceptors (Lipinski definition) is 2. The summed E-state index contributed by atoms with van der Waals surface area (Å²) in [6.07, 6.45) is 2.45. The molecule has 5 nitrogen and oxygen atoms in total. The van der Waals surface area contributed by atoms with Crippen molar-refractivity contribution < 1.29 is 22.4 Å². The molecule has 1 fully saturated rings. The predicted octanol–water partition coefficient (Wildman–Crippen LogP) is 3.50. The lowest BCUT2D eigenvalue weighted by Crippen LogP contribution is -2.43. The first-order chi connectivity index (χ1) is 12.5. The quantitative estimate of drug-likeness (QED) is 0.838. The van der Waals surface area contributed by atoms with E-state index >= 15 is 0 Å². The lowest BCUT2D eigenvalue weighted by atomic mass is 10.1. The number of nitrogens with one attached hydrogen (secondary N) is 1. The van der Waals surface area contributed by atoms with Gasteiger partial charge < -0.3 is 10.2 Å². The first-order valence-corrected chi connectivity index (χ1v) is 8.33. The van der Waals surface area contributed by atoms with E-state index in [4.69, 9.17) is 0 Å². The van der Waals surface area contributed by atoms with Crippen molar-refractivity contribution in [3.63, 3.8) is 0 Å². The van der Waals surface area contributed by atoms with Crippen LogP contribution >= 0.6 is 0 Å². The number of carbonyl (C=O) groups excluding carboxylic acids is 1. The molecule has 2 aromatic rings. The van der Waals surface area contributed by atoms with E-state index in [1.54, 1.807) is 4.90 Å². The van der Waals surface area contributed by atoms with Gasteiger partial charge in [0.25, 0.3) is 0 Å². The Morgan fingerprint density at radius 3 is 2.46 bits per heavy atom. The molecule has 3 rings (SSSR count). The van der Waals surface area contributed by atoms with Crippen molar-refractivity contribution in [3.8, 4) is 5.69 Å². The number of likely N-dealkylation sites (tertiary alicyclic amines) is 1. The second-order valence-corrected chi connectivity index (χ2v) is 6.10. The Bertz CT molecular complexity index is 766. The third kappa shape index (κ3) is 3.97. The van der Waals surface area contributed by atoms with Gasteiger partial charge in [0.15, 0.2) is 17.8 Å². The van der Waals surface area contributed by atoms with Gasteiger partial charge in [-0.1, -0.05) is 0 Å². The summed E-state index contributed by atoms with van der Waals surface area (Å²) < 4.78 is 55.6. The van der Waals surface area contributed by atoms with Gasteiger partial charge in [0.2, 0.25) is 0 Å². The summed E-state index contributed by atoms with van der Waals surface area (Å²) in [5.74, 6) is -3.35. The minimum atomic E-state index is -1.64. The molecule has 0 bridgehead atoms. The van der Waals surface area contributed by atoms with Crippen LogP contribution in [-0.4, -0.2) is 40.3 Å². The van der Waals surface area contributed by atoms with E-state index in [0.717, 1.165) is 23.9 Å². The number of nitrogens with zero attached hydrogens (tertiary/aromatic N) is 3. The van der Waals surface area contributed by atoms with Gasteiger partial charge in [-0.2, -0.15) is 5.10 Å². The van der Waals surface area contributed by atoms with Crippen LogP contribution in [0, 0.1) is 17.5 Å². The monoisotopic (exact) mass is 370 g/mol. The van der Waals surface area contributed by atoms with Crippen molar-refractivity contribution >= 4 is 6.03 Å². The molecule has 0 saturated carbocycles. The molecule has 1 N–H and O–H groups in total. The average Bonchev–Trinajstić information content (AvgIpc) is 3.09. The van der Waals surface area contributed by atoms with E-state index < -0.39 is 29.3 Å². The molecule has 140 valence electrons. The molecule has 1 saturated heterocycles. The number of amides is 2. The van der Waals surface area contributed by atoms with Crippen LogP contribution in [0.3, 0.4) is 0 Å². The maximum Gasteiger partial charge on any atom is 0.317 e. The van der Waals surface area contributed by atoms with E-state index in [2.05, 4.69) is 10.4 Å². The Labute approximate surface area is 147 Å². The summed E-state index contributed by atoms with van der Waals surface area (Å²) in [6, 6.07) is 1.94. The first kappa shape index (κ1) is 18.2. The summed E-state index contributed by atoms with van der Waals surface area (Å²) >= 11 is 0. The Kier molecular flexibility index (Phi) is 5.43. The minimum Gasteiger partial charge on any atom is -0.335 e. The van der Waals surface area contributed by atoms with Gasteiger partial charge in [0, 0.05) is 31.4 Å². The number of hydrogen-bond donors (Lipinski definition) is 1. The third-order valence-electron chi connectivity index (χ3n) is 4.22. The Morgan fingerprint density at radius 1 is 1.15 bits per heavy atom. The topological polar surface area (TPSA) is 50.2 Å². The SMILES string of the molecule is O=C(NC[C@H](F)c1ccn(-c2c(F)cc(F)cc2F)n1)N1CCCCC1. The van der Waals surface area contributed by atoms with E-state index in [1.165, 1.54) is 12.3 Å². The highest BCUT2D eigenvalue weighted by molar-refractivity contribution is 5.74. The zero-order valence-electron chi connectivity index (χ0n) is 13.9. The van der Waals surface area contributed by atoms with E-state index in [1.807, 2.05) is 0 Å². The zero-order valence-corrected chi connectivity index (χ0v) is 13.9. The van der Waals surface area contributed by atoms with Crippen LogP contribution in [0.5, 0.6) is 0 Å². The van der Waals surface area contributed by atoms with Gasteiger partial charge in [0.05, 0.1) is 12.2 Å². The lowest BCUT2D eigenvalue weighted by Gasteiger charge is -2.27. The van der Waals surface area contributed by atoms with Crippen LogP contribution in [0.2, 0.25) is 0 Å². The summed E-state index contributed by atoms with van der Waals surface area (Å²) in [5.41, 5.74) is -0.686. The molecule has 0 spiro atoms. The molecule has 2 heterocycles. The zero-order chi connectivity index (χ0) is 18.7. The Morgan fingerprint density at radius 2 is 1.81 bits per heavy atom. The van der Waals surface area contributed by atoms with Crippen LogP contribution in [0.15, 0.2) is 24.4 Å². The van der Waals surface area contributed by atoms with Crippen LogP contribution < -0.4 is 5.32 Å². The fourth-order valence-corrected chi connectivity index (χ4v) is 2.87. The molecule has 1 aromatic carbocycles. The molecule has 9 heteroatoms. The second kappa shape index (κ2) is 7.76. The van der Waals surface area contributed by atoms with Crippen LogP contribution in [-0.2, 0) is 0 Å². The number of urea groups is 1. The molecule has 1 aromatic heterocycles. The molecule has 1 aliphatic heterocycles. The largest absolute Gasteiger partial charge is 0.335 e. The van der Waals surface area contributed by atoms with Gasteiger partial charge >= 0.3 is 6.03 Å². The number of aromatic nitrogens is 2. The van der Waals surface area contributed by atoms with Crippen molar-refractivity contribution in [1.29, 1.82) is 0 Å². The van der Waals surface area contributed by atoms with Gasteiger partial charge in [-0.25, -0.2) is 27.0 Å². The predicted molar refractivity (Wildman–Crippen MR) is 86.1 cm³/mol. The second-order valence-electron chi connectivity index (χ2n) is 6.10. The molecule has 0 aliphatic carbocycles. The van der Waals surface area contributed by atoms with Crippen LogP contribution in [0.25, 0.3) is 5.69 Å². The molecule has 0 radical (unpaired) electrons. The normalized spacial score (nSPS) is 15.8. The van der Waals surface area contributed by atoms with Crippen molar-refractivity contribution in [1.82, 2.24) is 20.0 Å². The molecular formula is C17H18F4N4O. The standard InChI is InChI=1S/C17H18F4N4O/c18-11-8-12(19)16(13(20)9-11)25-7-4-15(23-25)14(21)10-22-17(26)24-5-2-1-3-6-24/h4,7-9,14H,1-3,5-6,10H2,(H,22,26)/t14-/m0/s1. The number of carbonyl (C=O) groups is 1. The number of alkyl halides is 1. The highest BCUT2D eigenvalue weighted by Crippen LogP contribution is 2.21. The number of piperidine rings is 1. The van der Waals surface area contributed by atoms with Gasteiger partial charge in [-0.3, -0.25) is 0 Å². The Balaban J connectivity index is 1.65. The molecular weight excluding hydrogens is 352 g/mol. The van der Waals surface area contributed by atoms with Crippen molar-refractivity contribution in [2.24, 2.45) is 0 Å². The summed E-state index contributed by atoms with van der Waals surface area (Å²) in [7, 11) is 0. The maximum atomic E-state index is 14.3. The highest BCUT2D eigenvalue weighted by atomic mass is 19.1. The van der Waals surface area contributed by atoms with E-state index in [0.29, 0.717) is 25.2 Å². The Hall–Kier alpha value is -2.58. The van der Waals surface area contributed by atoms with E-state index in [-0.39, 0.29) is 18.3 Å². The number of rotatable bonds is 4. The third-order valence-corrected chi connectivity index (χ3v) is 4.22. The first-order valence-electron chi connectivity index (χ1n) is 8.33. The van der Waals surface area contributed by atoms with Crippen LogP contribution in [0.1, 0.15) is 31.1 Å². The summed E-state index contributed by atoms with van der Waals surface area (Å²) in [5, 5.41) is 6.29. The molecule has 26 heavy (non-hydrogen) atoms. The van der Waals surface area contributed by atoms with Gasteiger partial charge in [0.1, 0.15) is 11.5 Å². The van der Waals surface area contributed by atoms with Crippen molar-refractivity contribution in [2.75, 3.05) is 19.6 Å². The fraction of sp³-hybridized carbons (Fsp3) is 0.412. The number of halogens is 4. The van der Waals surface area contributed by atoms with Crippen LogP contribution in [0.4, 0.5) is 22.4 Å². The molecule has 2 amide bonds. The molecule has 1 atom stereocenters. The van der Waals surface area contributed by atoms with Crippen molar-refractivity contribution in [3.05, 3.63) is 47.5 Å². The van der Waals surface area contributed by atoms with Crippen molar-refractivity contribution in [2.45, 2.75) is 25.4 Å². The highest BCUT2D eigenvalue weighted by Gasteiger charge is 2.21. The maximum absolute atomic E-state index is 14.3. The average molecular weight is 370 g/mol. The summed E-state index contributed by atoms with van der Waals surface area (Å²) in [4.78, 5) is 13.6. The minimum absolute atomic E-state index is 0.0907. The summed E-state index contributed by atoms with van der Waals surface area (Å²) in [6.45, 7) is 0.974. The fourth-order valence-electron chi connectivity index (χ4n) is 2.87. The molecule has 1 aliphatic rings. The van der Waals surface area contributed by atoms with E-state index in [9.17, 15) is 22.4 Å². The molecule has 0 unspecified atom stereocenters.